The van der Waals surface area contributed by atoms with E-state index in [1.54, 1.807) is 23.3 Å². The molecule has 6 nitrogen and oxygen atoms in total. The SMILES string of the molecule is CCNc1nc(C)nc(-n2ccnc2)n1. The second-order valence-electron chi connectivity index (χ2n) is 3.01. The average molecular weight is 204 g/mol. The number of hydrogen-bond donors (Lipinski definition) is 1. The van der Waals surface area contributed by atoms with E-state index in [0.717, 1.165) is 6.54 Å². The van der Waals surface area contributed by atoms with Crippen LogP contribution in [0, 0.1) is 6.92 Å². The van der Waals surface area contributed by atoms with Gasteiger partial charge in [0.2, 0.25) is 11.9 Å². The average Bonchev–Trinajstić information content (AvgIpc) is 2.70. The summed E-state index contributed by atoms with van der Waals surface area (Å²) in [5.41, 5.74) is 0. The fraction of sp³-hybridized carbons (Fsp3) is 0.333. The summed E-state index contributed by atoms with van der Waals surface area (Å²) in [4.78, 5) is 16.6. The first-order chi connectivity index (χ1) is 7.29. The Morgan fingerprint density at radius 3 is 2.87 bits per heavy atom. The molecular weight excluding hydrogens is 192 g/mol. The van der Waals surface area contributed by atoms with Gasteiger partial charge in [-0.15, -0.1) is 0 Å². The number of rotatable bonds is 3. The molecule has 0 fully saturated rings. The van der Waals surface area contributed by atoms with Crippen molar-refractivity contribution in [1.82, 2.24) is 24.5 Å². The molecule has 0 spiro atoms. The first kappa shape index (κ1) is 9.57. The number of aromatic nitrogens is 5. The molecule has 0 saturated heterocycles. The highest BCUT2D eigenvalue weighted by Gasteiger charge is 2.03. The van der Waals surface area contributed by atoms with Gasteiger partial charge in [0.25, 0.3) is 0 Å². The number of anilines is 1. The minimum absolute atomic E-state index is 0.580. The molecule has 0 saturated carbocycles. The van der Waals surface area contributed by atoms with Gasteiger partial charge in [-0.05, 0) is 13.8 Å². The standard InChI is InChI=1S/C9H12N6/c1-3-11-8-12-7(2)13-9(14-8)15-5-4-10-6-15/h4-6H,3H2,1-2H3,(H,11,12,13,14). The smallest absolute Gasteiger partial charge is 0.239 e. The molecule has 0 unspecified atom stereocenters. The van der Waals surface area contributed by atoms with Gasteiger partial charge in [-0.25, -0.2) is 4.98 Å². The summed E-state index contributed by atoms with van der Waals surface area (Å²) in [5, 5.41) is 3.05. The van der Waals surface area contributed by atoms with Gasteiger partial charge in [0, 0.05) is 18.9 Å². The van der Waals surface area contributed by atoms with Gasteiger partial charge in [0.05, 0.1) is 0 Å². The van der Waals surface area contributed by atoms with Crippen LogP contribution < -0.4 is 5.32 Å². The van der Waals surface area contributed by atoms with Crippen molar-refractivity contribution in [2.75, 3.05) is 11.9 Å². The molecule has 0 aliphatic carbocycles. The molecule has 2 heterocycles. The summed E-state index contributed by atoms with van der Waals surface area (Å²) in [6.07, 6.45) is 5.14. The lowest BCUT2D eigenvalue weighted by Crippen LogP contribution is -2.08. The lowest BCUT2D eigenvalue weighted by Gasteiger charge is -2.05. The second kappa shape index (κ2) is 4.04. The second-order valence-corrected chi connectivity index (χ2v) is 3.01. The number of hydrogen-bond acceptors (Lipinski definition) is 5. The molecular formula is C9H12N6. The molecule has 2 aromatic heterocycles. The maximum atomic E-state index is 4.26. The molecule has 0 radical (unpaired) electrons. The molecule has 2 rings (SSSR count). The van der Waals surface area contributed by atoms with Crippen LogP contribution in [0.4, 0.5) is 5.95 Å². The largest absolute Gasteiger partial charge is 0.354 e. The summed E-state index contributed by atoms with van der Waals surface area (Å²) in [7, 11) is 0. The quantitative estimate of drug-likeness (QED) is 0.800. The topological polar surface area (TPSA) is 68.5 Å². The Bertz CT molecular complexity index is 436. The van der Waals surface area contributed by atoms with Gasteiger partial charge in [-0.1, -0.05) is 0 Å². The molecule has 0 aromatic carbocycles. The molecule has 0 bridgehead atoms. The van der Waals surface area contributed by atoms with Crippen LogP contribution >= 0.6 is 0 Å². The predicted octanol–water partition coefficient (Wildman–Crippen LogP) is 0.798. The third kappa shape index (κ3) is 2.09. The van der Waals surface area contributed by atoms with Crippen LogP contribution in [0.3, 0.4) is 0 Å². The lowest BCUT2D eigenvalue weighted by atomic mass is 10.6. The van der Waals surface area contributed by atoms with Crippen molar-refractivity contribution in [2.24, 2.45) is 0 Å². The third-order valence-corrected chi connectivity index (χ3v) is 1.81. The van der Waals surface area contributed by atoms with E-state index in [9.17, 15) is 0 Å². The van der Waals surface area contributed by atoms with Crippen LogP contribution in [0.25, 0.3) is 5.95 Å². The van der Waals surface area contributed by atoms with E-state index in [1.807, 2.05) is 13.8 Å². The number of aryl methyl sites for hydroxylation is 1. The molecule has 1 N–H and O–H groups in total. The molecule has 15 heavy (non-hydrogen) atoms. The molecule has 6 heteroatoms. The normalized spacial score (nSPS) is 10.3. The fourth-order valence-corrected chi connectivity index (χ4v) is 1.20. The van der Waals surface area contributed by atoms with Crippen LogP contribution in [-0.4, -0.2) is 31.0 Å². The van der Waals surface area contributed by atoms with Gasteiger partial charge in [0.15, 0.2) is 0 Å². The number of nitrogens with zero attached hydrogens (tertiary/aromatic N) is 5. The Hall–Kier alpha value is -1.98. The van der Waals surface area contributed by atoms with Crippen molar-refractivity contribution >= 4 is 5.95 Å². The zero-order valence-electron chi connectivity index (χ0n) is 8.68. The van der Waals surface area contributed by atoms with Gasteiger partial charge in [-0.3, -0.25) is 4.57 Å². The molecule has 2 aromatic rings. The van der Waals surface area contributed by atoms with Crippen molar-refractivity contribution in [3.05, 3.63) is 24.5 Å². The predicted molar refractivity (Wildman–Crippen MR) is 55.8 cm³/mol. The monoisotopic (exact) mass is 204 g/mol. The first-order valence-corrected chi connectivity index (χ1v) is 4.74. The van der Waals surface area contributed by atoms with E-state index >= 15 is 0 Å². The zero-order chi connectivity index (χ0) is 10.7. The van der Waals surface area contributed by atoms with Crippen molar-refractivity contribution in [1.29, 1.82) is 0 Å². The molecule has 0 atom stereocenters. The van der Waals surface area contributed by atoms with Crippen LogP contribution in [0.5, 0.6) is 0 Å². The first-order valence-electron chi connectivity index (χ1n) is 4.74. The Morgan fingerprint density at radius 1 is 1.33 bits per heavy atom. The summed E-state index contributed by atoms with van der Waals surface area (Å²) >= 11 is 0. The molecule has 0 aliphatic heterocycles. The van der Waals surface area contributed by atoms with E-state index in [4.69, 9.17) is 0 Å². The zero-order valence-corrected chi connectivity index (χ0v) is 8.68. The Morgan fingerprint density at radius 2 is 2.20 bits per heavy atom. The number of nitrogens with one attached hydrogen (secondary N) is 1. The maximum absolute atomic E-state index is 4.26. The molecule has 0 aliphatic rings. The van der Waals surface area contributed by atoms with E-state index in [2.05, 4.69) is 25.3 Å². The molecule has 0 amide bonds. The van der Waals surface area contributed by atoms with Crippen LogP contribution in [0.15, 0.2) is 18.7 Å². The maximum Gasteiger partial charge on any atom is 0.239 e. The van der Waals surface area contributed by atoms with Gasteiger partial charge >= 0.3 is 0 Å². The Labute approximate surface area is 87.4 Å². The highest BCUT2D eigenvalue weighted by molar-refractivity contribution is 5.28. The van der Waals surface area contributed by atoms with E-state index in [0.29, 0.717) is 17.7 Å². The minimum Gasteiger partial charge on any atom is -0.354 e. The van der Waals surface area contributed by atoms with Crippen LogP contribution in [0.1, 0.15) is 12.7 Å². The molecule has 78 valence electrons. The lowest BCUT2D eigenvalue weighted by molar-refractivity contribution is 0.864. The third-order valence-electron chi connectivity index (χ3n) is 1.81. The Balaban J connectivity index is 2.40. The van der Waals surface area contributed by atoms with Crippen LogP contribution in [-0.2, 0) is 0 Å². The van der Waals surface area contributed by atoms with E-state index in [-0.39, 0.29) is 0 Å². The van der Waals surface area contributed by atoms with Crippen molar-refractivity contribution < 1.29 is 0 Å². The summed E-state index contributed by atoms with van der Waals surface area (Å²) < 4.78 is 1.75. The summed E-state index contributed by atoms with van der Waals surface area (Å²) in [6.45, 7) is 4.62. The Kier molecular flexibility index (Phi) is 2.57. The highest BCUT2D eigenvalue weighted by atomic mass is 15.2. The van der Waals surface area contributed by atoms with Crippen LogP contribution in [0.2, 0.25) is 0 Å². The summed E-state index contributed by atoms with van der Waals surface area (Å²) in [5.74, 6) is 1.86. The van der Waals surface area contributed by atoms with Crippen molar-refractivity contribution in [3.8, 4) is 5.95 Å². The summed E-state index contributed by atoms with van der Waals surface area (Å²) in [6, 6.07) is 0. The van der Waals surface area contributed by atoms with Crippen molar-refractivity contribution in [2.45, 2.75) is 13.8 Å². The number of imidazole rings is 1. The van der Waals surface area contributed by atoms with Gasteiger partial charge < -0.3 is 5.32 Å². The van der Waals surface area contributed by atoms with E-state index in [1.165, 1.54) is 0 Å². The van der Waals surface area contributed by atoms with Gasteiger partial charge in [0.1, 0.15) is 12.2 Å². The van der Waals surface area contributed by atoms with Gasteiger partial charge in [-0.2, -0.15) is 15.0 Å². The van der Waals surface area contributed by atoms with Crippen molar-refractivity contribution in [3.63, 3.8) is 0 Å². The highest BCUT2D eigenvalue weighted by Crippen LogP contribution is 2.04. The minimum atomic E-state index is 0.580. The van der Waals surface area contributed by atoms with E-state index < -0.39 is 0 Å². The fourth-order valence-electron chi connectivity index (χ4n) is 1.20.